The summed E-state index contributed by atoms with van der Waals surface area (Å²) < 4.78 is 16.7. The lowest BCUT2D eigenvalue weighted by atomic mass is 9.95. The summed E-state index contributed by atoms with van der Waals surface area (Å²) in [5, 5.41) is 2.93. The Balaban J connectivity index is 2.43. The van der Waals surface area contributed by atoms with Crippen molar-refractivity contribution in [3.63, 3.8) is 0 Å². The molecule has 0 saturated carbocycles. The van der Waals surface area contributed by atoms with Crippen molar-refractivity contribution >= 4 is 5.69 Å². The minimum Gasteiger partial charge on any atom is -0.493 e. The largest absolute Gasteiger partial charge is 0.493 e. The lowest BCUT2D eigenvalue weighted by molar-refractivity contribution is 0.324. The maximum atomic E-state index is 12.5. The van der Waals surface area contributed by atoms with E-state index in [1.807, 2.05) is 12.1 Å². The maximum absolute atomic E-state index is 12.5. The molecule has 0 spiro atoms. The molecule has 3 rings (SSSR count). The van der Waals surface area contributed by atoms with Crippen molar-refractivity contribution in [1.82, 2.24) is 0 Å². The highest BCUT2D eigenvalue weighted by atomic mass is 16.5. The fourth-order valence-electron chi connectivity index (χ4n) is 3.55. The molecule has 1 atom stereocenters. The molecule has 0 saturated heterocycles. The van der Waals surface area contributed by atoms with E-state index in [4.69, 9.17) is 19.9 Å². The van der Waals surface area contributed by atoms with Gasteiger partial charge in [-0.15, -0.1) is 0 Å². The molecule has 0 amide bonds. The molecule has 1 unspecified atom stereocenters. The number of anilines is 1. The van der Waals surface area contributed by atoms with Gasteiger partial charge in [0.25, 0.3) is 0 Å². The summed E-state index contributed by atoms with van der Waals surface area (Å²) in [6.07, 6.45) is 1.47. The average molecular weight is 356 g/mol. The van der Waals surface area contributed by atoms with E-state index in [1.54, 1.807) is 40.5 Å². The summed E-state index contributed by atoms with van der Waals surface area (Å²) >= 11 is 0. The number of benzene rings is 1. The molecule has 2 aromatic rings. The number of nitrogens with one attached hydrogen (secondary N) is 1. The Bertz CT molecular complexity index is 896. The number of aryl methyl sites for hydroxylation is 1. The average Bonchev–Trinajstić information content (AvgIpc) is 2.89. The van der Waals surface area contributed by atoms with Gasteiger partial charge in [0.2, 0.25) is 11.2 Å². The molecule has 0 aromatic heterocycles. The summed E-state index contributed by atoms with van der Waals surface area (Å²) in [6.45, 7) is 0. The lowest BCUT2D eigenvalue weighted by Crippen LogP contribution is -2.12. The van der Waals surface area contributed by atoms with Gasteiger partial charge < -0.3 is 25.3 Å². The summed E-state index contributed by atoms with van der Waals surface area (Å²) in [5.41, 5.74) is 10.5. The zero-order chi connectivity index (χ0) is 18.8. The van der Waals surface area contributed by atoms with Crippen LogP contribution in [0.4, 0.5) is 5.69 Å². The first-order valence-electron chi connectivity index (χ1n) is 8.49. The van der Waals surface area contributed by atoms with Crippen LogP contribution in [0.1, 0.15) is 23.6 Å². The second-order valence-electron chi connectivity index (χ2n) is 6.20. The number of hydrogen-bond acceptors (Lipinski definition) is 6. The van der Waals surface area contributed by atoms with Gasteiger partial charge in [-0.3, -0.25) is 4.79 Å². The van der Waals surface area contributed by atoms with Gasteiger partial charge in [-0.05, 0) is 47.7 Å². The van der Waals surface area contributed by atoms with Gasteiger partial charge in [-0.25, -0.2) is 0 Å². The monoisotopic (exact) mass is 356 g/mol. The molecule has 0 heterocycles. The van der Waals surface area contributed by atoms with Gasteiger partial charge in [0.15, 0.2) is 11.5 Å². The second kappa shape index (κ2) is 7.25. The summed E-state index contributed by atoms with van der Waals surface area (Å²) in [6, 6.07) is 7.03. The number of hydrogen-bond donors (Lipinski definition) is 2. The highest BCUT2D eigenvalue weighted by molar-refractivity contribution is 5.82. The van der Waals surface area contributed by atoms with Crippen LogP contribution >= 0.6 is 0 Å². The molecule has 2 aromatic carbocycles. The van der Waals surface area contributed by atoms with E-state index in [-0.39, 0.29) is 11.5 Å². The van der Waals surface area contributed by atoms with E-state index >= 15 is 0 Å². The third-order valence-corrected chi connectivity index (χ3v) is 4.85. The standard InChI is InChI=1S/C20H24N2O4/c1-22-15-8-6-12-13(10-16(15)23)14(21)7-5-11-9-17(24-2)19(25-3)20(26-4)18(11)12/h6,8-10,14H,5,7,21H2,1-4H3,(H,22,23). The van der Waals surface area contributed by atoms with Gasteiger partial charge in [0.1, 0.15) is 0 Å². The Hall–Kier alpha value is -2.73. The van der Waals surface area contributed by atoms with E-state index < -0.39 is 0 Å². The predicted octanol–water partition coefficient (Wildman–Crippen LogP) is 2.73. The highest BCUT2D eigenvalue weighted by Crippen LogP contribution is 2.49. The van der Waals surface area contributed by atoms with E-state index in [2.05, 4.69) is 5.32 Å². The molecule has 1 aliphatic carbocycles. The Morgan fingerprint density at radius 1 is 1.08 bits per heavy atom. The number of methoxy groups -OCH3 is 3. The van der Waals surface area contributed by atoms with Crippen molar-refractivity contribution < 1.29 is 14.2 Å². The summed E-state index contributed by atoms with van der Waals surface area (Å²) in [7, 11) is 6.51. The molecule has 26 heavy (non-hydrogen) atoms. The molecule has 1 aliphatic rings. The molecule has 6 heteroatoms. The number of nitrogens with two attached hydrogens (primary N) is 1. The Labute approximate surface area is 152 Å². The first kappa shape index (κ1) is 18.1. The first-order chi connectivity index (χ1) is 12.5. The topological polar surface area (TPSA) is 82.8 Å². The minimum atomic E-state index is -0.246. The molecule has 6 nitrogen and oxygen atoms in total. The van der Waals surface area contributed by atoms with Gasteiger partial charge in [0, 0.05) is 18.7 Å². The van der Waals surface area contributed by atoms with E-state index in [0.717, 1.165) is 35.1 Å². The Kier molecular flexibility index (Phi) is 5.04. The summed E-state index contributed by atoms with van der Waals surface area (Å²) in [5.74, 6) is 1.72. The van der Waals surface area contributed by atoms with Crippen molar-refractivity contribution in [1.29, 1.82) is 0 Å². The van der Waals surface area contributed by atoms with Crippen LogP contribution in [0.5, 0.6) is 17.2 Å². The van der Waals surface area contributed by atoms with Gasteiger partial charge in [-0.1, -0.05) is 6.07 Å². The van der Waals surface area contributed by atoms with Crippen molar-refractivity contribution in [3.8, 4) is 28.4 Å². The molecule has 0 aliphatic heterocycles. The first-order valence-corrected chi connectivity index (χ1v) is 8.49. The molecule has 0 bridgehead atoms. The van der Waals surface area contributed by atoms with Gasteiger partial charge in [-0.2, -0.15) is 0 Å². The van der Waals surface area contributed by atoms with Crippen molar-refractivity contribution in [3.05, 3.63) is 45.6 Å². The minimum absolute atomic E-state index is 0.0907. The van der Waals surface area contributed by atoms with Crippen LogP contribution in [0.15, 0.2) is 29.1 Å². The Morgan fingerprint density at radius 3 is 2.42 bits per heavy atom. The van der Waals surface area contributed by atoms with Crippen LogP contribution in [0.25, 0.3) is 11.1 Å². The maximum Gasteiger partial charge on any atom is 0.203 e. The third-order valence-electron chi connectivity index (χ3n) is 4.85. The summed E-state index contributed by atoms with van der Waals surface area (Å²) in [4.78, 5) is 12.5. The fraction of sp³-hybridized carbons (Fsp3) is 0.350. The van der Waals surface area contributed by atoms with Gasteiger partial charge in [0.05, 0.1) is 27.0 Å². The van der Waals surface area contributed by atoms with Crippen molar-refractivity contribution in [2.45, 2.75) is 18.9 Å². The number of fused-ring (bicyclic) bond motifs is 3. The predicted molar refractivity (Wildman–Crippen MR) is 103 cm³/mol. The second-order valence-corrected chi connectivity index (χ2v) is 6.20. The highest BCUT2D eigenvalue weighted by Gasteiger charge is 2.27. The van der Waals surface area contributed by atoms with E-state index in [1.165, 1.54) is 0 Å². The SMILES string of the molecule is CNc1ccc2c(cc1=O)C(N)CCc1cc(OC)c(OC)c(OC)c1-2. The zero-order valence-electron chi connectivity index (χ0n) is 15.5. The van der Waals surface area contributed by atoms with E-state index in [0.29, 0.717) is 22.9 Å². The van der Waals surface area contributed by atoms with Crippen LogP contribution in [0.2, 0.25) is 0 Å². The molecular weight excluding hydrogens is 332 g/mol. The number of ether oxygens (including phenoxy) is 3. The van der Waals surface area contributed by atoms with Crippen LogP contribution in [0.3, 0.4) is 0 Å². The zero-order valence-corrected chi connectivity index (χ0v) is 15.5. The fourth-order valence-corrected chi connectivity index (χ4v) is 3.55. The van der Waals surface area contributed by atoms with Gasteiger partial charge >= 0.3 is 0 Å². The third kappa shape index (κ3) is 2.86. The number of rotatable bonds is 4. The van der Waals surface area contributed by atoms with Crippen molar-refractivity contribution in [2.75, 3.05) is 33.7 Å². The van der Waals surface area contributed by atoms with Crippen LogP contribution in [-0.4, -0.2) is 28.4 Å². The normalized spacial score (nSPS) is 15.3. The molecule has 0 radical (unpaired) electrons. The van der Waals surface area contributed by atoms with Crippen LogP contribution in [-0.2, 0) is 6.42 Å². The molecule has 0 fully saturated rings. The molecule has 3 N–H and O–H groups in total. The van der Waals surface area contributed by atoms with Crippen LogP contribution in [0, 0.1) is 0 Å². The van der Waals surface area contributed by atoms with Crippen molar-refractivity contribution in [2.24, 2.45) is 5.73 Å². The molecular formula is C20H24N2O4. The lowest BCUT2D eigenvalue weighted by Gasteiger charge is -2.19. The Morgan fingerprint density at radius 2 is 1.81 bits per heavy atom. The quantitative estimate of drug-likeness (QED) is 0.876. The van der Waals surface area contributed by atoms with E-state index in [9.17, 15) is 4.79 Å². The molecule has 138 valence electrons. The van der Waals surface area contributed by atoms with Crippen LogP contribution < -0.4 is 30.7 Å². The smallest absolute Gasteiger partial charge is 0.203 e.